The van der Waals surface area contributed by atoms with Crippen LogP contribution in [0.2, 0.25) is 0 Å². The molecule has 0 radical (unpaired) electrons. The number of nitrogens with zero attached hydrogens (tertiary/aromatic N) is 2. The minimum absolute atomic E-state index is 0.0560. The predicted octanol–water partition coefficient (Wildman–Crippen LogP) is -1.57. The minimum atomic E-state index is -1.69. The summed E-state index contributed by atoms with van der Waals surface area (Å²) in [5, 5.41) is 46.8. The van der Waals surface area contributed by atoms with Crippen LogP contribution in [0.5, 0.6) is 17.2 Å². The van der Waals surface area contributed by atoms with E-state index in [-0.39, 0.29) is 42.9 Å². The van der Waals surface area contributed by atoms with Gasteiger partial charge in [-0.15, -0.1) is 0 Å². The van der Waals surface area contributed by atoms with Crippen molar-refractivity contribution in [2.45, 2.75) is 25.3 Å². The van der Waals surface area contributed by atoms with E-state index in [4.69, 9.17) is 4.65 Å². The van der Waals surface area contributed by atoms with Gasteiger partial charge in [-0.25, -0.2) is 9.59 Å². The van der Waals surface area contributed by atoms with Crippen molar-refractivity contribution in [2.75, 3.05) is 26.2 Å². The van der Waals surface area contributed by atoms with Crippen LogP contribution in [0.1, 0.15) is 33.2 Å². The lowest BCUT2D eigenvalue weighted by Crippen LogP contribution is -2.63. The van der Waals surface area contributed by atoms with Gasteiger partial charge >= 0.3 is 30.9 Å². The van der Waals surface area contributed by atoms with Crippen molar-refractivity contribution in [1.29, 1.82) is 0 Å². The van der Waals surface area contributed by atoms with Crippen LogP contribution in [0.3, 0.4) is 0 Å². The molecular weight excluding hydrogens is 569 g/mol. The molecule has 0 saturated carbocycles. The number of hydrogen-bond donors (Lipinski definition) is 7. The third-order valence-corrected chi connectivity index (χ3v) is 6.95. The SMILES string of the molecule is CCN1CCN(C(=O)NC(CNC(=O)c2cccc(O)c2O)C(=O)N[C@H]2Cc3cccc(C(=O)O)c3OB2O)C(=O)C1=O. The Hall–Kier alpha value is -5.32. The number of urea groups is 1. The van der Waals surface area contributed by atoms with Crippen molar-refractivity contribution < 1.29 is 53.8 Å². The molecule has 1 saturated heterocycles. The Morgan fingerprint density at radius 2 is 1.74 bits per heavy atom. The van der Waals surface area contributed by atoms with E-state index in [1.165, 1.54) is 29.2 Å². The Bertz CT molecular complexity index is 1490. The first kappa shape index (κ1) is 30.6. The summed E-state index contributed by atoms with van der Waals surface area (Å²) in [5.41, 5.74) is -0.141. The monoisotopic (exact) mass is 597 g/mol. The summed E-state index contributed by atoms with van der Waals surface area (Å²) in [5.74, 6) is -7.62. The van der Waals surface area contributed by atoms with Gasteiger partial charge in [-0.1, -0.05) is 18.2 Å². The number of benzene rings is 2. The van der Waals surface area contributed by atoms with E-state index in [0.29, 0.717) is 10.5 Å². The predicted molar refractivity (Wildman–Crippen MR) is 146 cm³/mol. The van der Waals surface area contributed by atoms with Gasteiger partial charge in [0.25, 0.3) is 5.91 Å². The second kappa shape index (κ2) is 12.7. The van der Waals surface area contributed by atoms with E-state index in [0.717, 1.165) is 6.07 Å². The molecular formula is C26H28BN5O11. The van der Waals surface area contributed by atoms with Gasteiger partial charge < -0.3 is 45.8 Å². The number of hydrogen-bond acceptors (Lipinski definition) is 10. The van der Waals surface area contributed by atoms with Crippen molar-refractivity contribution in [3.05, 3.63) is 53.1 Å². The fourth-order valence-electron chi connectivity index (χ4n) is 4.61. The van der Waals surface area contributed by atoms with E-state index < -0.39 is 72.8 Å². The second-order valence-corrected chi connectivity index (χ2v) is 9.65. The Labute approximate surface area is 244 Å². The van der Waals surface area contributed by atoms with Gasteiger partial charge in [0.15, 0.2) is 11.5 Å². The van der Waals surface area contributed by atoms with E-state index in [1.807, 2.05) is 0 Å². The molecule has 2 aliphatic rings. The van der Waals surface area contributed by atoms with Crippen LogP contribution >= 0.6 is 0 Å². The lowest BCUT2D eigenvalue weighted by atomic mass is 9.72. The number of carboxylic acids is 1. The minimum Gasteiger partial charge on any atom is -0.534 e. The summed E-state index contributed by atoms with van der Waals surface area (Å²) < 4.78 is 5.38. The molecule has 6 amide bonds. The maximum Gasteiger partial charge on any atom is 0.547 e. The van der Waals surface area contributed by atoms with Crippen LogP contribution in [0.25, 0.3) is 0 Å². The smallest absolute Gasteiger partial charge is 0.534 e. The molecule has 0 bridgehead atoms. The molecule has 0 aliphatic carbocycles. The molecule has 43 heavy (non-hydrogen) atoms. The average molecular weight is 597 g/mol. The van der Waals surface area contributed by atoms with Crippen molar-refractivity contribution in [1.82, 2.24) is 25.8 Å². The highest BCUT2D eigenvalue weighted by atomic mass is 16.5. The molecule has 2 heterocycles. The van der Waals surface area contributed by atoms with Gasteiger partial charge in [0.1, 0.15) is 11.8 Å². The number of rotatable bonds is 8. The molecule has 1 unspecified atom stereocenters. The largest absolute Gasteiger partial charge is 0.547 e. The number of aromatic hydroxyl groups is 2. The van der Waals surface area contributed by atoms with Crippen LogP contribution in [0.15, 0.2) is 36.4 Å². The van der Waals surface area contributed by atoms with Gasteiger partial charge in [0.05, 0.1) is 17.1 Å². The fraction of sp³-hybridized carbons (Fsp3) is 0.308. The first-order chi connectivity index (χ1) is 20.4. The maximum absolute atomic E-state index is 13.4. The van der Waals surface area contributed by atoms with Gasteiger partial charge in [-0.3, -0.25) is 24.1 Å². The number of fused-ring (bicyclic) bond motifs is 1. The molecule has 1 fully saturated rings. The highest BCUT2D eigenvalue weighted by Crippen LogP contribution is 2.30. The van der Waals surface area contributed by atoms with Crippen molar-refractivity contribution >= 4 is 42.7 Å². The molecule has 17 heteroatoms. The summed E-state index contributed by atoms with van der Waals surface area (Å²) in [6.45, 7) is 1.24. The van der Waals surface area contributed by atoms with E-state index in [9.17, 15) is 49.1 Å². The van der Waals surface area contributed by atoms with Gasteiger partial charge in [-0.2, -0.15) is 0 Å². The quantitative estimate of drug-likeness (QED) is 0.104. The Morgan fingerprint density at radius 3 is 2.44 bits per heavy atom. The third-order valence-electron chi connectivity index (χ3n) is 6.95. The van der Waals surface area contributed by atoms with Crippen molar-refractivity contribution in [3.8, 4) is 17.2 Å². The molecule has 0 spiro atoms. The number of aromatic carboxylic acids is 1. The average Bonchev–Trinajstić information content (AvgIpc) is 2.97. The molecule has 2 aliphatic heterocycles. The van der Waals surface area contributed by atoms with Gasteiger partial charge in [-0.05, 0) is 37.1 Å². The molecule has 0 aromatic heterocycles. The number of phenols is 2. The summed E-state index contributed by atoms with van der Waals surface area (Å²) in [6.07, 6.45) is -0.0560. The van der Waals surface area contributed by atoms with Crippen molar-refractivity contribution in [2.24, 2.45) is 0 Å². The maximum atomic E-state index is 13.4. The Balaban J connectivity index is 1.52. The van der Waals surface area contributed by atoms with Crippen LogP contribution in [-0.4, -0.2) is 111 Å². The normalized spacial score (nSPS) is 17.0. The Morgan fingerprint density at radius 1 is 1.05 bits per heavy atom. The third kappa shape index (κ3) is 6.46. The zero-order valence-corrected chi connectivity index (χ0v) is 22.8. The summed E-state index contributed by atoms with van der Waals surface area (Å²) in [6, 6.07) is 5.27. The number of para-hydroxylation sites is 2. The van der Waals surface area contributed by atoms with E-state index >= 15 is 0 Å². The zero-order chi connectivity index (χ0) is 31.4. The highest BCUT2D eigenvalue weighted by molar-refractivity contribution is 6.47. The number of piperazine rings is 1. The van der Waals surface area contributed by atoms with Crippen LogP contribution < -0.4 is 20.6 Å². The van der Waals surface area contributed by atoms with Crippen LogP contribution in [0.4, 0.5) is 4.79 Å². The van der Waals surface area contributed by atoms with Crippen molar-refractivity contribution in [3.63, 3.8) is 0 Å². The number of amides is 6. The van der Waals surface area contributed by atoms with Gasteiger partial charge in [0, 0.05) is 26.2 Å². The Kier molecular flexibility index (Phi) is 9.04. The highest BCUT2D eigenvalue weighted by Gasteiger charge is 2.40. The van der Waals surface area contributed by atoms with E-state index in [2.05, 4.69) is 16.0 Å². The number of carbonyl (C=O) groups excluding carboxylic acids is 5. The number of carbonyl (C=O) groups is 6. The summed E-state index contributed by atoms with van der Waals surface area (Å²) in [7, 11) is -1.69. The fourth-order valence-corrected chi connectivity index (χ4v) is 4.61. The first-order valence-electron chi connectivity index (χ1n) is 13.1. The van der Waals surface area contributed by atoms with E-state index in [1.54, 1.807) is 13.0 Å². The number of likely N-dealkylation sites (N-methyl/N-ethyl adjacent to an activating group) is 1. The lowest BCUT2D eigenvalue weighted by molar-refractivity contribution is -0.153. The van der Waals surface area contributed by atoms with Crippen LogP contribution in [-0.2, 0) is 20.8 Å². The molecule has 2 atom stereocenters. The van der Waals surface area contributed by atoms with Crippen LogP contribution in [0, 0.1) is 0 Å². The second-order valence-electron chi connectivity index (χ2n) is 9.65. The summed E-state index contributed by atoms with van der Waals surface area (Å²) in [4.78, 5) is 77.3. The lowest BCUT2D eigenvalue weighted by Gasteiger charge is -2.33. The van der Waals surface area contributed by atoms with Gasteiger partial charge in [0.2, 0.25) is 5.91 Å². The molecule has 4 rings (SSSR count). The number of imide groups is 1. The summed E-state index contributed by atoms with van der Waals surface area (Å²) >= 11 is 0. The standard InChI is InChI=1S/C26H28BN5O11/c1-2-31-9-10-32(24(38)23(31)37)26(41)29-16(12-28-21(35)14-6-4-8-17(33)19(14)34)22(36)30-18-11-13-5-3-7-15(25(39)40)20(13)43-27(18)42/h3-8,16,18,33-34,42H,2,9-12H2,1H3,(H,28,35)(H,29,41)(H,30,36)(H,39,40)/t16?,18-/m0/s1. The molecule has 16 nitrogen and oxygen atoms in total. The zero-order valence-electron chi connectivity index (χ0n) is 22.8. The molecule has 226 valence electrons. The first-order valence-corrected chi connectivity index (χ1v) is 13.1. The number of phenolic OH excluding ortho intramolecular Hbond substituents is 2. The number of nitrogens with one attached hydrogen (secondary N) is 3. The number of carboxylic acid groups (broad SMARTS) is 1. The molecule has 2 aromatic rings. The molecule has 7 N–H and O–H groups in total. The molecule has 2 aromatic carbocycles. The topological polar surface area (TPSA) is 235 Å².